The minimum absolute atomic E-state index is 0.107. The molecular formula is C72H140O17P2. The van der Waals surface area contributed by atoms with Crippen LogP contribution in [0.4, 0.5) is 0 Å². The number of hydrogen-bond acceptors (Lipinski definition) is 15. The number of carbonyl (C=O) groups is 4. The van der Waals surface area contributed by atoms with Gasteiger partial charge in [-0.3, -0.25) is 37.3 Å². The molecule has 0 bridgehead atoms. The highest BCUT2D eigenvalue weighted by Crippen LogP contribution is 2.45. The Bertz CT molecular complexity index is 1750. The second-order valence-corrected chi connectivity index (χ2v) is 29.4. The van der Waals surface area contributed by atoms with Gasteiger partial charge in [-0.05, 0) is 31.6 Å². The molecule has 0 amide bonds. The first-order valence-corrected chi connectivity index (χ1v) is 40.6. The Labute approximate surface area is 556 Å². The lowest BCUT2D eigenvalue weighted by molar-refractivity contribution is -0.161. The molecule has 0 fully saturated rings. The van der Waals surface area contributed by atoms with Crippen molar-refractivity contribution in [3.8, 4) is 0 Å². The molecule has 2 unspecified atom stereocenters. The van der Waals surface area contributed by atoms with Crippen LogP contribution >= 0.6 is 15.6 Å². The molecule has 540 valence electrons. The first-order valence-electron chi connectivity index (χ1n) is 37.6. The van der Waals surface area contributed by atoms with Crippen molar-refractivity contribution < 1.29 is 80.2 Å². The van der Waals surface area contributed by atoms with Crippen LogP contribution in [0.3, 0.4) is 0 Å². The maximum absolute atomic E-state index is 13.0. The van der Waals surface area contributed by atoms with Crippen LogP contribution < -0.4 is 0 Å². The van der Waals surface area contributed by atoms with Crippen LogP contribution in [-0.4, -0.2) is 96.7 Å². The van der Waals surface area contributed by atoms with Gasteiger partial charge in [0, 0.05) is 25.7 Å². The number of phosphoric ester groups is 2. The maximum atomic E-state index is 13.0. The Hall–Kier alpha value is -1.94. The molecular weight excluding hydrogens is 1200 g/mol. The highest BCUT2D eigenvalue weighted by atomic mass is 31.2. The maximum Gasteiger partial charge on any atom is 0.472 e. The molecule has 0 radical (unpaired) electrons. The summed E-state index contributed by atoms with van der Waals surface area (Å²) in [5.41, 5.74) is 0. The molecule has 0 aromatic carbocycles. The summed E-state index contributed by atoms with van der Waals surface area (Å²) in [5.74, 6) is -1.33. The van der Waals surface area contributed by atoms with E-state index in [1.165, 1.54) is 199 Å². The predicted molar refractivity (Wildman–Crippen MR) is 368 cm³/mol. The minimum atomic E-state index is -4.95. The van der Waals surface area contributed by atoms with Gasteiger partial charge in [0.1, 0.15) is 19.3 Å². The van der Waals surface area contributed by atoms with E-state index in [4.69, 9.17) is 37.0 Å². The summed E-state index contributed by atoms with van der Waals surface area (Å²) in [6.07, 6.45) is 52.6. The summed E-state index contributed by atoms with van der Waals surface area (Å²) >= 11 is 0. The van der Waals surface area contributed by atoms with E-state index in [2.05, 4.69) is 34.6 Å². The average molecular weight is 1340 g/mol. The SMILES string of the molecule is CCCCCCCCCCCCCCCCCCC(=O)OC[C@H](COP(=O)(O)OC[C@@H](O)COP(=O)(O)OC[C@@H](COC(=O)CCCCCCCCCCC)OC(=O)CCCCCCCCCCCC)OC(=O)CCCCCCCCCCCCCCCC(C)C. The summed E-state index contributed by atoms with van der Waals surface area (Å²) in [4.78, 5) is 72.6. The molecule has 0 saturated heterocycles. The lowest BCUT2D eigenvalue weighted by Gasteiger charge is -2.21. The molecule has 3 N–H and O–H groups in total. The fourth-order valence-corrected chi connectivity index (χ4v) is 12.6. The van der Waals surface area contributed by atoms with Gasteiger partial charge in [0.2, 0.25) is 0 Å². The van der Waals surface area contributed by atoms with Gasteiger partial charge in [-0.2, -0.15) is 0 Å². The van der Waals surface area contributed by atoms with Gasteiger partial charge in [0.05, 0.1) is 26.4 Å². The zero-order chi connectivity index (χ0) is 67.0. The topological polar surface area (TPSA) is 237 Å². The molecule has 0 aliphatic heterocycles. The predicted octanol–water partition coefficient (Wildman–Crippen LogP) is 20.9. The third kappa shape index (κ3) is 66.5. The number of carbonyl (C=O) groups excluding carboxylic acids is 4. The van der Waals surface area contributed by atoms with Crippen LogP contribution in [0.5, 0.6) is 0 Å². The number of unbranched alkanes of at least 4 members (excludes halogenated alkanes) is 44. The number of hydrogen-bond donors (Lipinski definition) is 3. The van der Waals surface area contributed by atoms with Gasteiger partial charge in [0.25, 0.3) is 0 Å². The number of ether oxygens (including phenoxy) is 4. The number of rotatable bonds is 72. The summed E-state index contributed by atoms with van der Waals surface area (Å²) in [7, 11) is -9.90. The van der Waals surface area contributed by atoms with Crippen molar-refractivity contribution in [1.29, 1.82) is 0 Å². The monoisotopic (exact) mass is 1340 g/mol. The molecule has 0 rings (SSSR count). The van der Waals surface area contributed by atoms with E-state index in [9.17, 15) is 43.2 Å². The molecule has 0 heterocycles. The number of aliphatic hydroxyl groups is 1. The van der Waals surface area contributed by atoms with Gasteiger partial charge >= 0.3 is 39.5 Å². The van der Waals surface area contributed by atoms with Crippen molar-refractivity contribution >= 4 is 39.5 Å². The van der Waals surface area contributed by atoms with E-state index in [0.29, 0.717) is 25.7 Å². The molecule has 0 aliphatic rings. The smallest absolute Gasteiger partial charge is 0.462 e. The quantitative estimate of drug-likeness (QED) is 0.0222. The van der Waals surface area contributed by atoms with E-state index < -0.39 is 97.5 Å². The second kappa shape index (κ2) is 65.4. The molecule has 19 heteroatoms. The fraction of sp³-hybridized carbons (Fsp3) is 0.944. The molecule has 0 saturated carbocycles. The highest BCUT2D eigenvalue weighted by molar-refractivity contribution is 7.47. The van der Waals surface area contributed by atoms with Crippen molar-refractivity contribution in [2.45, 2.75) is 393 Å². The summed E-state index contributed by atoms with van der Waals surface area (Å²) < 4.78 is 68.3. The lowest BCUT2D eigenvalue weighted by atomic mass is 10.0. The Morgan fingerprint density at radius 3 is 0.747 bits per heavy atom. The minimum Gasteiger partial charge on any atom is -0.462 e. The normalized spacial score (nSPS) is 14.0. The van der Waals surface area contributed by atoms with Gasteiger partial charge in [-0.15, -0.1) is 0 Å². The van der Waals surface area contributed by atoms with Crippen molar-refractivity contribution in [3.63, 3.8) is 0 Å². The summed E-state index contributed by atoms with van der Waals surface area (Å²) in [5, 5.41) is 10.6. The zero-order valence-electron chi connectivity index (χ0n) is 59.0. The fourth-order valence-electron chi connectivity index (χ4n) is 11.0. The van der Waals surface area contributed by atoms with Crippen LogP contribution in [0.1, 0.15) is 375 Å². The Kier molecular flexibility index (Phi) is 64.0. The third-order valence-electron chi connectivity index (χ3n) is 16.8. The van der Waals surface area contributed by atoms with Gasteiger partial charge < -0.3 is 33.8 Å². The van der Waals surface area contributed by atoms with Crippen molar-refractivity contribution in [1.82, 2.24) is 0 Å². The van der Waals surface area contributed by atoms with Crippen LogP contribution in [0.2, 0.25) is 0 Å². The highest BCUT2D eigenvalue weighted by Gasteiger charge is 2.30. The van der Waals surface area contributed by atoms with Crippen molar-refractivity contribution in [2.24, 2.45) is 5.92 Å². The van der Waals surface area contributed by atoms with Gasteiger partial charge in [-0.1, -0.05) is 324 Å². The standard InChI is InChI=1S/C72H140O17P2/c1-6-9-12-15-18-21-23-24-25-26-29-32-37-41-46-51-56-70(75)83-62-68(89-72(77)58-53-48-43-38-33-30-27-28-31-35-39-44-49-54-65(4)5)64-87-91(80,81)85-60-66(73)59-84-90(78,79)86-63-67(61-82-69(74)55-50-45-40-34-20-17-14-11-8-3)88-71(76)57-52-47-42-36-22-19-16-13-10-7-2/h65-68,73H,6-64H2,1-5H3,(H,78,79)(H,80,81)/t66-,67+,68+/m0/s1. The van der Waals surface area contributed by atoms with E-state index in [0.717, 1.165) is 95.8 Å². The summed E-state index contributed by atoms with van der Waals surface area (Å²) in [6, 6.07) is 0. The Morgan fingerprint density at radius 2 is 0.505 bits per heavy atom. The van der Waals surface area contributed by atoms with Crippen LogP contribution in [-0.2, 0) is 65.4 Å². The third-order valence-corrected chi connectivity index (χ3v) is 18.7. The first kappa shape index (κ1) is 89.1. The Morgan fingerprint density at radius 1 is 0.297 bits per heavy atom. The van der Waals surface area contributed by atoms with E-state index in [-0.39, 0.29) is 25.7 Å². The van der Waals surface area contributed by atoms with Crippen molar-refractivity contribution in [3.05, 3.63) is 0 Å². The summed E-state index contributed by atoms with van der Waals surface area (Å²) in [6.45, 7) is 7.26. The Balaban J connectivity index is 5.22. The van der Waals surface area contributed by atoms with E-state index >= 15 is 0 Å². The van der Waals surface area contributed by atoms with Crippen LogP contribution in [0.15, 0.2) is 0 Å². The molecule has 5 atom stereocenters. The second-order valence-electron chi connectivity index (χ2n) is 26.5. The number of esters is 4. The molecule has 0 spiro atoms. The van der Waals surface area contributed by atoms with Gasteiger partial charge in [0.15, 0.2) is 12.2 Å². The van der Waals surface area contributed by atoms with Gasteiger partial charge in [-0.25, -0.2) is 9.13 Å². The number of phosphoric acid groups is 2. The van der Waals surface area contributed by atoms with Crippen molar-refractivity contribution in [2.75, 3.05) is 39.6 Å². The molecule has 91 heavy (non-hydrogen) atoms. The molecule has 0 aromatic heterocycles. The van der Waals surface area contributed by atoms with E-state index in [1.54, 1.807) is 0 Å². The average Bonchev–Trinajstić information content (AvgIpc) is 2.84. The van der Waals surface area contributed by atoms with Crippen LogP contribution in [0, 0.1) is 5.92 Å². The lowest BCUT2D eigenvalue weighted by Crippen LogP contribution is -2.30. The van der Waals surface area contributed by atoms with E-state index in [1.807, 2.05) is 0 Å². The first-order chi connectivity index (χ1) is 44.0. The largest absolute Gasteiger partial charge is 0.472 e. The zero-order valence-corrected chi connectivity index (χ0v) is 60.8. The molecule has 0 aliphatic carbocycles. The molecule has 0 aromatic rings. The van der Waals surface area contributed by atoms with Crippen LogP contribution in [0.25, 0.3) is 0 Å². The number of aliphatic hydroxyl groups excluding tert-OH is 1. The molecule has 17 nitrogen and oxygen atoms in total.